The van der Waals surface area contributed by atoms with Gasteiger partial charge in [0.25, 0.3) is 0 Å². The molecule has 1 aliphatic heterocycles. The van der Waals surface area contributed by atoms with Gasteiger partial charge in [-0.05, 0) is 62.2 Å². The largest absolute Gasteiger partial charge is 0.356 e. The van der Waals surface area contributed by atoms with Gasteiger partial charge in [0.2, 0.25) is 0 Å². The van der Waals surface area contributed by atoms with Gasteiger partial charge in [0.15, 0.2) is 5.96 Å². The molecule has 1 fully saturated rings. The fourth-order valence-electron chi connectivity index (χ4n) is 3.37. The maximum Gasteiger partial charge on any atom is 0.191 e. The summed E-state index contributed by atoms with van der Waals surface area (Å²) in [5, 5.41) is 12.6. The van der Waals surface area contributed by atoms with E-state index < -0.39 is 0 Å². The molecule has 0 spiro atoms. The van der Waals surface area contributed by atoms with Gasteiger partial charge in [-0.1, -0.05) is 6.92 Å². The Balaban J connectivity index is 1.36. The van der Waals surface area contributed by atoms with E-state index in [0.717, 1.165) is 45.1 Å². The monoisotopic (exact) mass is 405 g/mol. The summed E-state index contributed by atoms with van der Waals surface area (Å²) in [5.74, 6) is 1.62. The van der Waals surface area contributed by atoms with Crippen LogP contribution in [0.25, 0.3) is 0 Å². The summed E-state index contributed by atoms with van der Waals surface area (Å²) in [6.45, 7) is 9.48. The molecule has 0 amide bonds. The molecule has 0 aromatic carbocycles. The molecule has 0 unspecified atom stereocenters. The highest BCUT2D eigenvalue weighted by molar-refractivity contribution is 7.10. The Kier molecular flexibility index (Phi) is 7.67. The van der Waals surface area contributed by atoms with Crippen LogP contribution in [-0.4, -0.2) is 42.5 Å². The van der Waals surface area contributed by atoms with Crippen molar-refractivity contribution >= 4 is 28.6 Å². The molecule has 148 valence electrons. The third-order valence-corrected chi connectivity index (χ3v) is 7.23. The van der Waals surface area contributed by atoms with E-state index >= 15 is 0 Å². The van der Waals surface area contributed by atoms with Crippen molar-refractivity contribution in [2.75, 3.05) is 26.7 Å². The van der Waals surface area contributed by atoms with Gasteiger partial charge < -0.3 is 10.6 Å². The van der Waals surface area contributed by atoms with E-state index in [4.69, 9.17) is 4.98 Å². The Morgan fingerprint density at radius 2 is 2.11 bits per heavy atom. The predicted molar refractivity (Wildman–Crippen MR) is 117 cm³/mol. The van der Waals surface area contributed by atoms with Crippen LogP contribution in [-0.2, 0) is 19.5 Å². The van der Waals surface area contributed by atoms with Crippen molar-refractivity contribution < 1.29 is 0 Å². The Morgan fingerprint density at radius 3 is 2.74 bits per heavy atom. The van der Waals surface area contributed by atoms with Crippen molar-refractivity contribution in [2.45, 2.75) is 46.2 Å². The van der Waals surface area contributed by atoms with Crippen molar-refractivity contribution in [3.63, 3.8) is 0 Å². The SMILES string of the molecule is CCc1nc(CN2CCC(CNC(=NC)NCc3sccc3C)CC2)cs1. The lowest BCUT2D eigenvalue weighted by Gasteiger charge is -2.31. The number of rotatable bonds is 7. The number of piperidine rings is 1. The summed E-state index contributed by atoms with van der Waals surface area (Å²) in [7, 11) is 1.84. The molecule has 2 N–H and O–H groups in total. The highest BCUT2D eigenvalue weighted by atomic mass is 32.1. The van der Waals surface area contributed by atoms with Gasteiger partial charge in [0.1, 0.15) is 0 Å². The molecule has 0 saturated carbocycles. The zero-order chi connectivity index (χ0) is 19.1. The first-order valence-electron chi connectivity index (χ1n) is 9.81. The Bertz CT molecular complexity index is 728. The number of hydrogen-bond acceptors (Lipinski definition) is 5. The van der Waals surface area contributed by atoms with E-state index in [-0.39, 0.29) is 0 Å². The van der Waals surface area contributed by atoms with Gasteiger partial charge in [0.05, 0.1) is 17.2 Å². The molecular formula is C20H31N5S2. The highest BCUT2D eigenvalue weighted by Crippen LogP contribution is 2.20. The quantitative estimate of drug-likeness (QED) is 0.545. The third-order valence-electron chi connectivity index (χ3n) is 5.16. The zero-order valence-corrected chi connectivity index (χ0v) is 18.3. The number of nitrogens with zero attached hydrogens (tertiary/aromatic N) is 3. The molecule has 27 heavy (non-hydrogen) atoms. The van der Waals surface area contributed by atoms with Crippen molar-refractivity contribution in [3.8, 4) is 0 Å². The molecule has 3 heterocycles. The van der Waals surface area contributed by atoms with Crippen LogP contribution < -0.4 is 10.6 Å². The molecule has 7 heteroatoms. The number of likely N-dealkylation sites (tertiary alicyclic amines) is 1. The van der Waals surface area contributed by atoms with Crippen LogP contribution in [0.5, 0.6) is 0 Å². The molecule has 2 aromatic rings. The second-order valence-corrected chi connectivity index (χ2v) is 9.08. The molecule has 0 atom stereocenters. The lowest BCUT2D eigenvalue weighted by molar-refractivity contribution is 0.176. The smallest absolute Gasteiger partial charge is 0.191 e. The molecule has 1 aliphatic rings. The first kappa shape index (κ1) is 20.3. The summed E-state index contributed by atoms with van der Waals surface area (Å²) >= 11 is 3.59. The van der Waals surface area contributed by atoms with Gasteiger partial charge in [-0.3, -0.25) is 9.89 Å². The molecule has 3 rings (SSSR count). The maximum atomic E-state index is 4.70. The summed E-state index contributed by atoms with van der Waals surface area (Å²) in [6.07, 6.45) is 3.51. The van der Waals surface area contributed by atoms with Gasteiger partial charge in [-0.2, -0.15) is 0 Å². The van der Waals surface area contributed by atoms with Gasteiger partial charge in [-0.15, -0.1) is 22.7 Å². The van der Waals surface area contributed by atoms with Gasteiger partial charge in [0, 0.05) is 30.4 Å². The second kappa shape index (κ2) is 10.2. The topological polar surface area (TPSA) is 52.6 Å². The van der Waals surface area contributed by atoms with Crippen LogP contribution in [0.15, 0.2) is 21.8 Å². The summed E-state index contributed by atoms with van der Waals surface area (Å²) in [6, 6.07) is 2.17. The molecule has 2 aromatic heterocycles. The first-order valence-corrected chi connectivity index (χ1v) is 11.6. The zero-order valence-electron chi connectivity index (χ0n) is 16.6. The predicted octanol–water partition coefficient (Wildman–Crippen LogP) is 3.65. The maximum absolute atomic E-state index is 4.70. The van der Waals surface area contributed by atoms with Crippen molar-refractivity contribution in [1.29, 1.82) is 0 Å². The van der Waals surface area contributed by atoms with Crippen LogP contribution in [0, 0.1) is 12.8 Å². The normalized spacial score (nSPS) is 16.6. The van der Waals surface area contributed by atoms with Crippen LogP contribution in [0.1, 0.15) is 40.9 Å². The second-order valence-electron chi connectivity index (χ2n) is 7.14. The Hall–Kier alpha value is -1.44. The fraction of sp³-hybridized carbons (Fsp3) is 0.600. The lowest BCUT2D eigenvalue weighted by Crippen LogP contribution is -2.42. The number of thiophene rings is 1. The Morgan fingerprint density at radius 1 is 1.30 bits per heavy atom. The summed E-state index contributed by atoms with van der Waals surface area (Å²) in [5.41, 5.74) is 2.59. The van der Waals surface area contributed by atoms with Crippen LogP contribution >= 0.6 is 22.7 Å². The van der Waals surface area contributed by atoms with E-state index in [1.165, 1.54) is 34.0 Å². The number of hydrogen-bond donors (Lipinski definition) is 2. The van der Waals surface area contributed by atoms with E-state index in [2.05, 4.69) is 51.2 Å². The van der Waals surface area contributed by atoms with E-state index in [9.17, 15) is 0 Å². The lowest BCUT2D eigenvalue weighted by atomic mass is 9.97. The van der Waals surface area contributed by atoms with Crippen molar-refractivity contribution in [2.24, 2.45) is 10.9 Å². The minimum atomic E-state index is 0.713. The van der Waals surface area contributed by atoms with E-state index in [0.29, 0.717) is 5.92 Å². The number of thiazole rings is 1. The number of nitrogens with one attached hydrogen (secondary N) is 2. The van der Waals surface area contributed by atoms with Crippen molar-refractivity contribution in [3.05, 3.63) is 38.0 Å². The van der Waals surface area contributed by atoms with Crippen molar-refractivity contribution in [1.82, 2.24) is 20.5 Å². The fourth-order valence-corrected chi connectivity index (χ4v) is 4.95. The molecule has 5 nitrogen and oxygen atoms in total. The minimum Gasteiger partial charge on any atom is -0.356 e. The number of aliphatic imine (C=N–C) groups is 1. The summed E-state index contributed by atoms with van der Waals surface area (Å²) < 4.78 is 0. The van der Waals surface area contributed by atoms with Gasteiger partial charge in [-0.25, -0.2) is 4.98 Å². The summed E-state index contributed by atoms with van der Waals surface area (Å²) in [4.78, 5) is 13.0. The third kappa shape index (κ3) is 6.02. The average molecular weight is 406 g/mol. The Labute approximate surface area is 170 Å². The van der Waals surface area contributed by atoms with Crippen LogP contribution in [0.3, 0.4) is 0 Å². The van der Waals surface area contributed by atoms with E-state index in [1.807, 2.05) is 7.05 Å². The molecule has 1 saturated heterocycles. The molecule has 0 bridgehead atoms. The minimum absolute atomic E-state index is 0.713. The highest BCUT2D eigenvalue weighted by Gasteiger charge is 2.20. The average Bonchev–Trinajstić information content (AvgIpc) is 3.32. The number of guanidine groups is 1. The molecular weight excluding hydrogens is 374 g/mol. The van der Waals surface area contributed by atoms with Crippen LogP contribution in [0.4, 0.5) is 0 Å². The molecule has 0 radical (unpaired) electrons. The van der Waals surface area contributed by atoms with Crippen LogP contribution in [0.2, 0.25) is 0 Å². The van der Waals surface area contributed by atoms with E-state index in [1.54, 1.807) is 22.7 Å². The number of aryl methyl sites for hydroxylation is 2. The molecule has 0 aliphatic carbocycles. The number of aromatic nitrogens is 1. The standard InChI is InChI=1S/C20H31N5S2/c1-4-19-24-17(14-27-19)13-25-8-5-16(6-9-25)11-22-20(21-3)23-12-18-15(2)7-10-26-18/h7,10,14,16H,4-6,8-9,11-13H2,1-3H3,(H2,21,22,23). The first-order chi connectivity index (χ1) is 13.2. The van der Waals surface area contributed by atoms with Gasteiger partial charge >= 0.3 is 0 Å².